The number of nitrogens with two attached hydrogens (primary N) is 1. The minimum Gasteiger partial charge on any atom is -0.388 e. The fourth-order valence-corrected chi connectivity index (χ4v) is 2.73. The van der Waals surface area contributed by atoms with E-state index >= 15 is 0 Å². The van der Waals surface area contributed by atoms with Gasteiger partial charge in [0, 0.05) is 0 Å². The Kier molecular flexibility index (Phi) is 4.73. The predicted octanol–water partition coefficient (Wildman–Crippen LogP) is 1.44. The van der Waals surface area contributed by atoms with Gasteiger partial charge in [-0.1, -0.05) is 12.1 Å². The van der Waals surface area contributed by atoms with Crippen molar-refractivity contribution in [2.24, 2.45) is 11.7 Å². The van der Waals surface area contributed by atoms with Crippen LogP contribution in [0.3, 0.4) is 0 Å². The molecule has 1 aromatic carbocycles. The number of aliphatic hydroxyl groups is 1. The summed E-state index contributed by atoms with van der Waals surface area (Å²) < 4.78 is 12.9. The summed E-state index contributed by atoms with van der Waals surface area (Å²) in [5.74, 6) is -0.481. The van der Waals surface area contributed by atoms with Crippen molar-refractivity contribution in [1.82, 2.24) is 4.90 Å². The molecule has 1 aliphatic heterocycles. The number of likely N-dealkylation sites (tertiary alicyclic amines) is 1. The van der Waals surface area contributed by atoms with E-state index in [-0.39, 0.29) is 23.7 Å². The summed E-state index contributed by atoms with van der Waals surface area (Å²) in [6.07, 6.45) is 1.02. The molecule has 110 valence electrons. The number of piperidine rings is 1. The van der Waals surface area contributed by atoms with Crippen LogP contribution in [0.5, 0.6) is 0 Å². The molecule has 1 fully saturated rings. The number of nitrogens with zero attached hydrogens (tertiary/aromatic N) is 1. The third kappa shape index (κ3) is 3.35. The maximum Gasteiger partial charge on any atom is 0.234 e. The molecule has 1 aromatic rings. The van der Waals surface area contributed by atoms with Crippen LogP contribution in [0.1, 0.15) is 31.4 Å². The van der Waals surface area contributed by atoms with E-state index in [2.05, 4.69) is 0 Å². The fourth-order valence-electron chi connectivity index (χ4n) is 2.73. The fraction of sp³-hybridized carbons (Fsp3) is 0.533. The molecule has 0 radical (unpaired) electrons. The van der Waals surface area contributed by atoms with Gasteiger partial charge in [-0.25, -0.2) is 4.39 Å². The average Bonchev–Trinajstić information content (AvgIpc) is 2.46. The van der Waals surface area contributed by atoms with Gasteiger partial charge < -0.3 is 10.8 Å². The van der Waals surface area contributed by atoms with E-state index in [0.29, 0.717) is 0 Å². The van der Waals surface area contributed by atoms with E-state index < -0.39 is 6.10 Å². The first-order valence-electron chi connectivity index (χ1n) is 6.96. The third-order valence-electron chi connectivity index (χ3n) is 4.19. The molecule has 0 aromatic heterocycles. The molecular weight excluding hydrogens is 259 g/mol. The number of hydrogen-bond acceptors (Lipinski definition) is 3. The van der Waals surface area contributed by atoms with Crippen molar-refractivity contribution < 1.29 is 14.3 Å². The lowest BCUT2D eigenvalue weighted by Gasteiger charge is -2.36. The topological polar surface area (TPSA) is 66.6 Å². The lowest BCUT2D eigenvalue weighted by Crippen LogP contribution is -2.47. The molecular formula is C15H21FN2O2. The second kappa shape index (κ2) is 6.33. The summed E-state index contributed by atoms with van der Waals surface area (Å²) in [4.78, 5) is 13.2. The summed E-state index contributed by atoms with van der Waals surface area (Å²) in [7, 11) is 0. The lowest BCUT2D eigenvalue weighted by molar-refractivity contribution is -0.123. The number of carbonyl (C=O) groups is 1. The molecule has 1 aliphatic rings. The van der Waals surface area contributed by atoms with E-state index in [4.69, 9.17) is 5.73 Å². The maximum absolute atomic E-state index is 12.9. The smallest absolute Gasteiger partial charge is 0.234 e. The van der Waals surface area contributed by atoms with E-state index in [1.54, 1.807) is 19.1 Å². The molecule has 0 bridgehead atoms. The highest BCUT2D eigenvalue weighted by Crippen LogP contribution is 2.31. The Morgan fingerprint density at radius 1 is 1.35 bits per heavy atom. The summed E-state index contributed by atoms with van der Waals surface area (Å²) in [6.45, 7) is 3.29. The zero-order valence-corrected chi connectivity index (χ0v) is 11.6. The van der Waals surface area contributed by atoms with E-state index in [0.717, 1.165) is 31.5 Å². The first-order valence-corrected chi connectivity index (χ1v) is 6.96. The molecule has 0 aliphatic carbocycles. The van der Waals surface area contributed by atoms with Crippen molar-refractivity contribution in [1.29, 1.82) is 0 Å². The monoisotopic (exact) mass is 280 g/mol. The summed E-state index contributed by atoms with van der Waals surface area (Å²) >= 11 is 0. The average molecular weight is 280 g/mol. The number of amides is 1. The van der Waals surface area contributed by atoms with E-state index in [9.17, 15) is 14.3 Å². The quantitative estimate of drug-likeness (QED) is 0.877. The normalized spacial score (nSPS) is 20.6. The minimum atomic E-state index is -0.582. The van der Waals surface area contributed by atoms with Crippen LogP contribution < -0.4 is 5.73 Å². The number of primary amides is 1. The molecule has 20 heavy (non-hydrogen) atoms. The Morgan fingerprint density at radius 2 is 1.90 bits per heavy atom. The van der Waals surface area contributed by atoms with Crippen LogP contribution in [0.4, 0.5) is 4.39 Å². The number of carbonyl (C=O) groups excluding carboxylic acids is 1. The van der Waals surface area contributed by atoms with Crippen molar-refractivity contribution in [2.45, 2.75) is 31.9 Å². The molecule has 2 atom stereocenters. The van der Waals surface area contributed by atoms with Crippen molar-refractivity contribution >= 4 is 5.91 Å². The number of benzene rings is 1. The molecule has 1 saturated heterocycles. The minimum absolute atomic E-state index is 0.136. The van der Waals surface area contributed by atoms with Crippen molar-refractivity contribution in [3.8, 4) is 0 Å². The summed E-state index contributed by atoms with van der Waals surface area (Å²) in [5.41, 5.74) is 6.04. The first kappa shape index (κ1) is 14.9. The van der Waals surface area contributed by atoms with E-state index in [1.165, 1.54) is 12.1 Å². The van der Waals surface area contributed by atoms with Gasteiger partial charge in [-0.05, 0) is 56.5 Å². The van der Waals surface area contributed by atoms with Gasteiger partial charge in [0.05, 0.1) is 12.1 Å². The van der Waals surface area contributed by atoms with Crippen molar-refractivity contribution in [3.63, 3.8) is 0 Å². The molecule has 1 heterocycles. The molecule has 2 rings (SSSR count). The van der Waals surface area contributed by atoms with Crippen LogP contribution in [-0.2, 0) is 4.79 Å². The molecule has 0 spiro atoms. The molecule has 4 nitrogen and oxygen atoms in total. The van der Waals surface area contributed by atoms with Gasteiger partial charge >= 0.3 is 0 Å². The Balaban J connectivity index is 1.93. The Bertz CT molecular complexity index is 455. The number of hydrogen-bond donors (Lipinski definition) is 2. The molecule has 1 amide bonds. The molecule has 0 saturated carbocycles. The first-order chi connectivity index (χ1) is 9.49. The summed E-state index contributed by atoms with van der Waals surface area (Å²) in [6, 6.07) is 5.71. The van der Waals surface area contributed by atoms with Crippen molar-refractivity contribution in [2.75, 3.05) is 13.1 Å². The highest BCUT2D eigenvalue weighted by molar-refractivity contribution is 5.79. The Morgan fingerprint density at radius 3 is 2.40 bits per heavy atom. The number of rotatable bonds is 4. The molecule has 5 heteroatoms. The third-order valence-corrected chi connectivity index (χ3v) is 4.19. The van der Waals surface area contributed by atoms with E-state index in [1.807, 2.05) is 4.90 Å². The van der Waals surface area contributed by atoms with Crippen LogP contribution in [0.15, 0.2) is 24.3 Å². The van der Waals surface area contributed by atoms with Crippen LogP contribution in [0, 0.1) is 11.7 Å². The number of halogens is 1. The Labute approximate surface area is 118 Å². The highest BCUT2D eigenvalue weighted by Gasteiger charge is 2.29. The van der Waals surface area contributed by atoms with Gasteiger partial charge in [0.15, 0.2) is 0 Å². The predicted molar refractivity (Wildman–Crippen MR) is 74.3 cm³/mol. The van der Waals surface area contributed by atoms with Crippen LogP contribution in [-0.4, -0.2) is 35.0 Å². The zero-order chi connectivity index (χ0) is 14.7. The maximum atomic E-state index is 12.9. The Hall–Kier alpha value is -1.46. The molecule has 2 unspecified atom stereocenters. The van der Waals surface area contributed by atoms with Gasteiger partial charge in [0.25, 0.3) is 0 Å². The van der Waals surface area contributed by atoms with Gasteiger partial charge in [0.1, 0.15) is 5.82 Å². The zero-order valence-electron chi connectivity index (χ0n) is 11.6. The van der Waals surface area contributed by atoms with Crippen LogP contribution in [0.2, 0.25) is 0 Å². The van der Waals surface area contributed by atoms with Crippen LogP contribution in [0.25, 0.3) is 0 Å². The summed E-state index contributed by atoms with van der Waals surface area (Å²) in [5, 5.41) is 10.3. The van der Waals surface area contributed by atoms with Gasteiger partial charge in [-0.2, -0.15) is 0 Å². The van der Waals surface area contributed by atoms with Gasteiger partial charge in [0.2, 0.25) is 5.91 Å². The highest BCUT2D eigenvalue weighted by atomic mass is 19.1. The lowest BCUT2D eigenvalue weighted by atomic mass is 9.87. The largest absolute Gasteiger partial charge is 0.388 e. The second-order valence-corrected chi connectivity index (χ2v) is 5.45. The molecule has 3 N–H and O–H groups in total. The number of aliphatic hydroxyl groups excluding tert-OH is 1. The van der Waals surface area contributed by atoms with Gasteiger partial charge in [-0.15, -0.1) is 0 Å². The van der Waals surface area contributed by atoms with Crippen molar-refractivity contribution in [3.05, 3.63) is 35.6 Å². The van der Waals surface area contributed by atoms with Gasteiger partial charge in [-0.3, -0.25) is 9.69 Å². The van der Waals surface area contributed by atoms with Crippen LogP contribution >= 0.6 is 0 Å². The standard InChI is InChI=1S/C15H21FN2O2/c1-10(15(17)20)18-8-6-12(7-9-18)14(19)11-2-4-13(16)5-3-11/h2-5,10,12,14,19H,6-9H2,1H3,(H2,17,20). The second-order valence-electron chi connectivity index (χ2n) is 5.45. The SMILES string of the molecule is CC(C(N)=O)N1CCC(C(O)c2ccc(F)cc2)CC1.